The second-order valence-electron chi connectivity index (χ2n) is 4.94. The van der Waals surface area contributed by atoms with Crippen molar-refractivity contribution in [2.24, 2.45) is 5.41 Å². The first-order valence-electron chi connectivity index (χ1n) is 5.84. The maximum atomic E-state index is 13.0. The number of halogens is 3. The van der Waals surface area contributed by atoms with Crippen LogP contribution < -0.4 is 10.6 Å². The molecular formula is C13H17F3N2O. The molecule has 0 saturated carbocycles. The SMILES string of the molecule is CNC(=O)C(C)(C)CNCc1cc(F)c(F)c(F)c1. The molecule has 1 amide bonds. The topological polar surface area (TPSA) is 41.1 Å². The Morgan fingerprint density at radius 1 is 1.21 bits per heavy atom. The summed E-state index contributed by atoms with van der Waals surface area (Å²) < 4.78 is 38.7. The first-order chi connectivity index (χ1) is 8.77. The molecule has 0 aliphatic rings. The van der Waals surface area contributed by atoms with Crippen molar-refractivity contribution in [1.82, 2.24) is 10.6 Å². The van der Waals surface area contributed by atoms with E-state index in [1.165, 1.54) is 7.05 Å². The van der Waals surface area contributed by atoms with E-state index in [2.05, 4.69) is 10.6 Å². The van der Waals surface area contributed by atoms with E-state index in [-0.39, 0.29) is 18.0 Å². The van der Waals surface area contributed by atoms with Crippen LogP contribution in [0.15, 0.2) is 12.1 Å². The van der Waals surface area contributed by atoms with Crippen LogP contribution in [0.3, 0.4) is 0 Å². The van der Waals surface area contributed by atoms with Gasteiger partial charge in [-0.3, -0.25) is 4.79 Å². The molecule has 0 spiro atoms. The minimum Gasteiger partial charge on any atom is -0.359 e. The average Bonchev–Trinajstić information content (AvgIpc) is 2.34. The van der Waals surface area contributed by atoms with E-state index in [4.69, 9.17) is 0 Å². The quantitative estimate of drug-likeness (QED) is 0.806. The zero-order valence-electron chi connectivity index (χ0n) is 11.1. The molecule has 0 aromatic heterocycles. The van der Waals surface area contributed by atoms with Crippen molar-refractivity contribution in [3.63, 3.8) is 0 Å². The predicted octanol–water partition coefficient (Wildman–Crippen LogP) is 1.97. The van der Waals surface area contributed by atoms with Gasteiger partial charge in [0.1, 0.15) is 0 Å². The molecule has 1 rings (SSSR count). The smallest absolute Gasteiger partial charge is 0.226 e. The lowest BCUT2D eigenvalue weighted by molar-refractivity contribution is -0.128. The summed E-state index contributed by atoms with van der Waals surface area (Å²) in [5.74, 6) is -4.06. The van der Waals surface area contributed by atoms with Crippen LogP contribution in [0, 0.1) is 22.9 Å². The second kappa shape index (κ2) is 6.06. The largest absolute Gasteiger partial charge is 0.359 e. The molecule has 0 unspecified atom stereocenters. The van der Waals surface area contributed by atoms with Gasteiger partial charge in [-0.05, 0) is 31.5 Å². The highest BCUT2D eigenvalue weighted by molar-refractivity contribution is 5.81. The molecule has 0 radical (unpaired) electrons. The van der Waals surface area contributed by atoms with Crippen LogP contribution >= 0.6 is 0 Å². The van der Waals surface area contributed by atoms with Crippen LogP contribution in [0.1, 0.15) is 19.4 Å². The number of carbonyl (C=O) groups is 1. The fourth-order valence-corrected chi connectivity index (χ4v) is 1.65. The van der Waals surface area contributed by atoms with Gasteiger partial charge >= 0.3 is 0 Å². The van der Waals surface area contributed by atoms with Crippen LogP contribution in [0.4, 0.5) is 13.2 Å². The lowest BCUT2D eigenvalue weighted by atomic mass is 9.92. The third-order valence-electron chi connectivity index (χ3n) is 2.78. The zero-order valence-corrected chi connectivity index (χ0v) is 11.1. The maximum Gasteiger partial charge on any atom is 0.226 e. The molecule has 0 fully saturated rings. The molecule has 0 heterocycles. The Morgan fingerprint density at radius 3 is 2.21 bits per heavy atom. The van der Waals surface area contributed by atoms with Gasteiger partial charge < -0.3 is 10.6 Å². The average molecular weight is 274 g/mol. The normalized spacial score (nSPS) is 11.5. The number of rotatable bonds is 5. The minimum absolute atomic E-state index is 0.142. The van der Waals surface area contributed by atoms with Gasteiger partial charge in [-0.25, -0.2) is 13.2 Å². The Bertz CT molecular complexity index is 452. The Morgan fingerprint density at radius 2 is 1.74 bits per heavy atom. The maximum absolute atomic E-state index is 13.0. The van der Waals surface area contributed by atoms with E-state index in [9.17, 15) is 18.0 Å². The van der Waals surface area contributed by atoms with E-state index in [0.717, 1.165) is 12.1 Å². The third kappa shape index (κ3) is 3.96. The molecule has 0 saturated heterocycles. The Hall–Kier alpha value is -1.56. The van der Waals surface area contributed by atoms with Gasteiger partial charge in [-0.15, -0.1) is 0 Å². The fraction of sp³-hybridized carbons (Fsp3) is 0.462. The van der Waals surface area contributed by atoms with Crippen molar-refractivity contribution in [1.29, 1.82) is 0 Å². The Kier molecular flexibility index (Phi) is 4.94. The number of hydrogen-bond acceptors (Lipinski definition) is 2. The molecule has 0 atom stereocenters. The summed E-state index contributed by atoms with van der Waals surface area (Å²) >= 11 is 0. The fourth-order valence-electron chi connectivity index (χ4n) is 1.65. The molecule has 106 valence electrons. The van der Waals surface area contributed by atoms with Crippen molar-refractivity contribution >= 4 is 5.91 Å². The molecule has 0 bridgehead atoms. The number of carbonyl (C=O) groups excluding carboxylic acids is 1. The summed E-state index contributed by atoms with van der Waals surface area (Å²) in [6.07, 6.45) is 0. The number of nitrogens with one attached hydrogen (secondary N) is 2. The van der Waals surface area contributed by atoms with Gasteiger partial charge in [0.2, 0.25) is 5.91 Å². The van der Waals surface area contributed by atoms with Crippen LogP contribution in [0.2, 0.25) is 0 Å². The minimum atomic E-state index is -1.48. The van der Waals surface area contributed by atoms with Crippen molar-refractivity contribution in [2.45, 2.75) is 20.4 Å². The van der Waals surface area contributed by atoms with Crippen LogP contribution in [0.25, 0.3) is 0 Å². The van der Waals surface area contributed by atoms with E-state index in [0.29, 0.717) is 6.54 Å². The summed E-state index contributed by atoms with van der Waals surface area (Å²) in [6.45, 7) is 3.96. The van der Waals surface area contributed by atoms with Crippen molar-refractivity contribution < 1.29 is 18.0 Å². The molecule has 1 aromatic rings. The number of hydrogen-bond donors (Lipinski definition) is 2. The monoisotopic (exact) mass is 274 g/mol. The van der Waals surface area contributed by atoms with Crippen LogP contribution in [0.5, 0.6) is 0 Å². The molecule has 2 N–H and O–H groups in total. The molecule has 1 aromatic carbocycles. The van der Waals surface area contributed by atoms with Gasteiger partial charge in [0, 0.05) is 20.1 Å². The summed E-state index contributed by atoms with van der Waals surface area (Å²) in [5.41, 5.74) is -0.365. The Labute approximate surface area is 110 Å². The third-order valence-corrected chi connectivity index (χ3v) is 2.78. The van der Waals surface area contributed by atoms with Crippen molar-refractivity contribution in [2.75, 3.05) is 13.6 Å². The lowest BCUT2D eigenvalue weighted by Crippen LogP contribution is -2.41. The predicted molar refractivity (Wildman–Crippen MR) is 65.9 cm³/mol. The summed E-state index contributed by atoms with van der Waals surface area (Å²) in [7, 11) is 1.54. The van der Waals surface area contributed by atoms with Gasteiger partial charge in [0.05, 0.1) is 5.41 Å². The number of amides is 1. The molecular weight excluding hydrogens is 257 g/mol. The van der Waals surface area contributed by atoms with Gasteiger partial charge in [-0.2, -0.15) is 0 Å². The zero-order chi connectivity index (χ0) is 14.6. The highest BCUT2D eigenvalue weighted by atomic mass is 19.2. The summed E-state index contributed by atoms with van der Waals surface area (Å²) in [6, 6.07) is 1.86. The molecule has 0 aliphatic carbocycles. The van der Waals surface area contributed by atoms with Gasteiger partial charge in [0.15, 0.2) is 17.5 Å². The highest BCUT2D eigenvalue weighted by Crippen LogP contribution is 2.15. The first-order valence-corrected chi connectivity index (χ1v) is 5.84. The summed E-state index contributed by atoms with van der Waals surface area (Å²) in [4.78, 5) is 11.5. The molecule has 0 aliphatic heterocycles. The van der Waals surface area contributed by atoms with E-state index in [1.54, 1.807) is 13.8 Å². The second-order valence-corrected chi connectivity index (χ2v) is 4.94. The standard InChI is InChI=1S/C13H17F3N2O/c1-13(2,12(19)17-3)7-18-6-8-4-9(14)11(16)10(15)5-8/h4-5,18H,6-7H2,1-3H3,(H,17,19). The Balaban J connectivity index is 2.61. The van der Waals surface area contributed by atoms with Crippen LogP contribution in [-0.4, -0.2) is 19.5 Å². The first kappa shape index (κ1) is 15.5. The van der Waals surface area contributed by atoms with E-state index in [1.807, 2.05) is 0 Å². The van der Waals surface area contributed by atoms with Crippen molar-refractivity contribution in [3.05, 3.63) is 35.1 Å². The highest BCUT2D eigenvalue weighted by Gasteiger charge is 2.25. The summed E-state index contributed by atoms with van der Waals surface area (Å²) in [5, 5.41) is 5.45. The molecule has 19 heavy (non-hydrogen) atoms. The molecule has 6 heteroatoms. The molecule has 3 nitrogen and oxygen atoms in total. The van der Waals surface area contributed by atoms with Gasteiger partial charge in [0.25, 0.3) is 0 Å². The van der Waals surface area contributed by atoms with E-state index >= 15 is 0 Å². The van der Waals surface area contributed by atoms with Crippen molar-refractivity contribution in [3.8, 4) is 0 Å². The van der Waals surface area contributed by atoms with Gasteiger partial charge in [-0.1, -0.05) is 0 Å². The van der Waals surface area contributed by atoms with E-state index < -0.39 is 22.9 Å². The number of benzene rings is 1. The van der Waals surface area contributed by atoms with Crippen LogP contribution in [-0.2, 0) is 11.3 Å². The lowest BCUT2D eigenvalue weighted by Gasteiger charge is -2.23.